The molecule has 0 bridgehead atoms. The lowest BCUT2D eigenvalue weighted by Gasteiger charge is -2.06. The maximum absolute atomic E-state index is 9.00. The van der Waals surface area contributed by atoms with Crippen molar-refractivity contribution in [2.75, 3.05) is 12.0 Å². The molecule has 0 saturated heterocycles. The molecule has 0 aliphatic rings. The number of anilines is 1. The van der Waals surface area contributed by atoms with Crippen LogP contribution in [-0.2, 0) is 5.75 Å². The predicted molar refractivity (Wildman–Crippen MR) is 78.9 cm³/mol. The Morgan fingerprint density at radius 1 is 1.26 bits per heavy atom. The molecule has 4 nitrogen and oxygen atoms in total. The van der Waals surface area contributed by atoms with Crippen molar-refractivity contribution in [3.8, 4) is 6.07 Å². The fraction of sp³-hybridized carbons (Fsp3) is 0.154. The monoisotopic (exact) mass is 288 g/mol. The fourth-order valence-corrected chi connectivity index (χ4v) is 2.87. The van der Waals surface area contributed by atoms with E-state index in [4.69, 9.17) is 11.0 Å². The van der Waals surface area contributed by atoms with Crippen LogP contribution >= 0.6 is 23.5 Å². The molecule has 0 aliphatic heterocycles. The van der Waals surface area contributed by atoms with E-state index in [9.17, 15) is 0 Å². The maximum atomic E-state index is 9.00. The van der Waals surface area contributed by atoms with Gasteiger partial charge in [0.15, 0.2) is 5.16 Å². The highest BCUT2D eigenvalue weighted by atomic mass is 32.2. The second-order valence-corrected chi connectivity index (χ2v) is 5.40. The van der Waals surface area contributed by atoms with E-state index in [1.807, 2.05) is 30.5 Å². The van der Waals surface area contributed by atoms with Crippen LogP contribution in [-0.4, -0.2) is 16.2 Å². The van der Waals surface area contributed by atoms with Crippen molar-refractivity contribution < 1.29 is 0 Å². The number of hydrogen-bond donors (Lipinski definition) is 1. The molecule has 0 fully saturated rings. The molecule has 1 aromatic carbocycles. The van der Waals surface area contributed by atoms with E-state index in [0.29, 0.717) is 15.7 Å². The molecule has 0 saturated carbocycles. The van der Waals surface area contributed by atoms with Crippen LogP contribution in [0.2, 0.25) is 0 Å². The van der Waals surface area contributed by atoms with Gasteiger partial charge in [-0.1, -0.05) is 42.1 Å². The first kappa shape index (κ1) is 13.7. The van der Waals surface area contributed by atoms with E-state index in [2.05, 4.69) is 22.1 Å². The second-order valence-electron chi connectivity index (χ2n) is 3.66. The first-order valence-corrected chi connectivity index (χ1v) is 7.74. The SMILES string of the molecule is CSc1nc(SCc2ccccc2)nc(N)c1C#N. The molecule has 1 aromatic heterocycles. The van der Waals surface area contributed by atoms with Gasteiger partial charge in [0.2, 0.25) is 0 Å². The van der Waals surface area contributed by atoms with Crippen LogP contribution in [0.15, 0.2) is 40.5 Å². The minimum absolute atomic E-state index is 0.248. The Hall–Kier alpha value is -1.71. The van der Waals surface area contributed by atoms with Gasteiger partial charge >= 0.3 is 0 Å². The molecule has 2 rings (SSSR count). The third-order valence-electron chi connectivity index (χ3n) is 2.40. The number of nitriles is 1. The maximum Gasteiger partial charge on any atom is 0.190 e. The van der Waals surface area contributed by atoms with E-state index in [-0.39, 0.29) is 5.82 Å². The van der Waals surface area contributed by atoms with Gasteiger partial charge < -0.3 is 5.73 Å². The lowest BCUT2D eigenvalue weighted by molar-refractivity contribution is 0.891. The molecule has 0 spiro atoms. The molecule has 2 N–H and O–H groups in total. The summed E-state index contributed by atoms with van der Waals surface area (Å²) in [6.45, 7) is 0. The summed E-state index contributed by atoms with van der Waals surface area (Å²) in [4.78, 5) is 8.51. The van der Waals surface area contributed by atoms with Crippen LogP contribution < -0.4 is 5.73 Å². The van der Waals surface area contributed by atoms with Crippen molar-refractivity contribution in [2.45, 2.75) is 15.9 Å². The Balaban J connectivity index is 2.18. The molecule has 0 atom stereocenters. The molecular formula is C13H12N4S2. The minimum Gasteiger partial charge on any atom is -0.382 e. The van der Waals surface area contributed by atoms with Gasteiger partial charge in [0, 0.05) is 5.75 Å². The quantitative estimate of drug-likeness (QED) is 0.529. The third-order valence-corrected chi connectivity index (χ3v) is 4.00. The summed E-state index contributed by atoms with van der Waals surface area (Å²) in [5, 5.41) is 10.2. The summed E-state index contributed by atoms with van der Waals surface area (Å²) in [5.74, 6) is 1.03. The largest absolute Gasteiger partial charge is 0.382 e. The average molecular weight is 288 g/mol. The molecule has 19 heavy (non-hydrogen) atoms. The third kappa shape index (κ3) is 3.40. The zero-order valence-corrected chi connectivity index (χ0v) is 12.0. The van der Waals surface area contributed by atoms with Crippen LogP contribution in [0, 0.1) is 11.3 Å². The molecule has 0 aliphatic carbocycles. The second kappa shape index (κ2) is 6.45. The van der Waals surface area contributed by atoms with Crippen LogP contribution in [0.4, 0.5) is 5.82 Å². The normalized spacial score (nSPS) is 10.1. The van der Waals surface area contributed by atoms with Crippen LogP contribution in [0.25, 0.3) is 0 Å². The highest BCUT2D eigenvalue weighted by molar-refractivity contribution is 7.99. The highest BCUT2D eigenvalue weighted by Crippen LogP contribution is 2.26. The number of rotatable bonds is 4. The van der Waals surface area contributed by atoms with Gasteiger partial charge in [0.05, 0.1) is 0 Å². The van der Waals surface area contributed by atoms with Gasteiger partial charge in [-0.25, -0.2) is 9.97 Å². The van der Waals surface area contributed by atoms with Crippen molar-refractivity contribution in [1.82, 2.24) is 9.97 Å². The predicted octanol–water partition coefficient (Wildman–Crippen LogP) is 2.94. The number of nitrogen functional groups attached to an aromatic ring is 1. The number of benzene rings is 1. The standard InChI is InChI=1S/C13H12N4S2/c1-18-12-10(7-14)11(15)16-13(17-12)19-8-9-5-3-2-4-6-9/h2-6H,8H2,1H3,(H2,15,16,17). The van der Waals surface area contributed by atoms with Gasteiger partial charge in [-0.15, -0.1) is 11.8 Å². The van der Waals surface area contributed by atoms with E-state index in [0.717, 1.165) is 5.75 Å². The smallest absolute Gasteiger partial charge is 0.190 e. The number of thioether (sulfide) groups is 2. The molecule has 96 valence electrons. The highest BCUT2D eigenvalue weighted by Gasteiger charge is 2.11. The Morgan fingerprint density at radius 2 is 2.00 bits per heavy atom. The lowest BCUT2D eigenvalue weighted by Crippen LogP contribution is -2.01. The van der Waals surface area contributed by atoms with Gasteiger partial charge in [0.1, 0.15) is 22.5 Å². The Labute approximate surface area is 120 Å². The molecule has 0 unspecified atom stereocenters. The van der Waals surface area contributed by atoms with Crippen molar-refractivity contribution in [3.05, 3.63) is 41.5 Å². The summed E-state index contributed by atoms with van der Waals surface area (Å²) in [5.41, 5.74) is 7.33. The average Bonchev–Trinajstić information content (AvgIpc) is 2.45. The number of hydrogen-bond acceptors (Lipinski definition) is 6. The van der Waals surface area contributed by atoms with E-state index in [1.54, 1.807) is 0 Å². The summed E-state index contributed by atoms with van der Waals surface area (Å²) in [7, 11) is 0. The molecule has 6 heteroatoms. The van der Waals surface area contributed by atoms with Crippen LogP contribution in [0.1, 0.15) is 11.1 Å². The van der Waals surface area contributed by atoms with Crippen molar-refractivity contribution >= 4 is 29.3 Å². The summed E-state index contributed by atoms with van der Waals surface area (Å²) in [6.07, 6.45) is 1.87. The van der Waals surface area contributed by atoms with Gasteiger partial charge in [-0.3, -0.25) is 0 Å². The molecule has 2 aromatic rings. The Kier molecular flexibility index (Phi) is 4.66. The molecule has 0 radical (unpaired) electrons. The molecule has 1 heterocycles. The lowest BCUT2D eigenvalue weighted by atomic mass is 10.2. The number of nitrogens with two attached hydrogens (primary N) is 1. The van der Waals surface area contributed by atoms with Gasteiger partial charge in [-0.2, -0.15) is 5.26 Å². The van der Waals surface area contributed by atoms with Crippen LogP contribution in [0.5, 0.6) is 0 Å². The molecular weight excluding hydrogens is 276 g/mol. The zero-order valence-electron chi connectivity index (χ0n) is 10.3. The van der Waals surface area contributed by atoms with E-state index < -0.39 is 0 Å². The number of aromatic nitrogens is 2. The van der Waals surface area contributed by atoms with Crippen molar-refractivity contribution in [1.29, 1.82) is 5.26 Å². The van der Waals surface area contributed by atoms with Crippen molar-refractivity contribution in [3.63, 3.8) is 0 Å². The van der Waals surface area contributed by atoms with E-state index >= 15 is 0 Å². The first-order valence-electron chi connectivity index (χ1n) is 5.53. The van der Waals surface area contributed by atoms with E-state index in [1.165, 1.54) is 29.1 Å². The minimum atomic E-state index is 0.248. The Morgan fingerprint density at radius 3 is 2.63 bits per heavy atom. The number of nitrogens with zero attached hydrogens (tertiary/aromatic N) is 3. The van der Waals surface area contributed by atoms with Crippen molar-refractivity contribution in [2.24, 2.45) is 0 Å². The topological polar surface area (TPSA) is 75.6 Å². The first-order chi connectivity index (χ1) is 9.24. The summed E-state index contributed by atoms with van der Waals surface area (Å²) >= 11 is 2.91. The Bertz CT molecular complexity index is 608. The van der Waals surface area contributed by atoms with Gasteiger partial charge in [-0.05, 0) is 11.8 Å². The van der Waals surface area contributed by atoms with Crippen LogP contribution in [0.3, 0.4) is 0 Å². The summed E-state index contributed by atoms with van der Waals surface area (Å²) < 4.78 is 0. The van der Waals surface area contributed by atoms with Gasteiger partial charge in [0.25, 0.3) is 0 Å². The summed E-state index contributed by atoms with van der Waals surface area (Å²) in [6, 6.07) is 12.1. The molecule has 0 amide bonds. The zero-order chi connectivity index (χ0) is 13.7. The fourth-order valence-electron chi connectivity index (χ4n) is 1.48.